The summed E-state index contributed by atoms with van der Waals surface area (Å²) in [6.07, 6.45) is -4.85. The number of rotatable bonds is 2. The Labute approximate surface area is 105 Å². The summed E-state index contributed by atoms with van der Waals surface area (Å²) in [7, 11) is 0. The zero-order valence-corrected chi connectivity index (χ0v) is 10.3. The topological polar surface area (TPSA) is 66.9 Å². The van der Waals surface area contributed by atoms with Crippen LogP contribution >= 0.6 is 11.3 Å². The van der Waals surface area contributed by atoms with Crippen LogP contribution in [-0.2, 0) is 4.79 Å². The molecule has 0 aromatic carbocycles. The molecule has 9 heteroatoms. The van der Waals surface area contributed by atoms with Crippen LogP contribution in [0.2, 0.25) is 0 Å². The van der Waals surface area contributed by atoms with Crippen molar-refractivity contribution in [2.75, 3.05) is 18.4 Å². The fraction of sp³-hybridized carbons (Fsp3) is 0.667. The number of aromatic nitrogens is 2. The van der Waals surface area contributed by atoms with Gasteiger partial charge < -0.3 is 5.32 Å². The molecule has 0 bridgehead atoms. The van der Waals surface area contributed by atoms with E-state index in [9.17, 15) is 18.0 Å². The molecule has 1 aromatic rings. The van der Waals surface area contributed by atoms with E-state index in [2.05, 4.69) is 20.8 Å². The molecule has 0 saturated carbocycles. The number of hydrogen-bond acceptors (Lipinski definition) is 5. The minimum Gasteiger partial charge on any atom is -0.315 e. The first-order valence-electron chi connectivity index (χ1n) is 5.24. The Kier molecular flexibility index (Phi) is 3.28. The van der Waals surface area contributed by atoms with Crippen molar-refractivity contribution in [1.82, 2.24) is 15.5 Å². The third-order valence-corrected chi connectivity index (χ3v) is 3.63. The molecule has 1 aliphatic rings. The van der Waals surface area contributed by atoms with Crippen LogP contribution in [-0.4, -0.2) is 35.4 Å². The van der Waals surface area contributed by atoms with Crippen LogP contribution in [0.1, 0.15) is 11.4 Å². The van der Waals surface area contributed by atoms with Gasteiger partial charge in [-0.2, -0.15) is 13.2 Å². The van der Waals surface area contributed by atoms with Gasteiger partial charge in [0.25, 0.3) is 0 Å². The molecule has 1 atom stereocenters. The first-order valence-corrected chi connectivity index (χ1v) is 6.06. The monoisotopic (exact) mass is 280 g/mol. The maximum absolute atomic E-state index is 13.0. The van der Waals surface area contributed by atoms with Crippen molar-refractivity contribution in [2.24, 2.45) is 5.41 Å². The van der Waals surface area contributed by atoms with E-state index >= 15 is 0 Å². The van der Waals surface area contributed by atoms with Crippen molar-refractivity contribution in [1.29, 1.82) is 0 Å². The highest BCUT2D eigenvalue weighted by molar-refractivity contribution is 7.15. The number of aryl methyl sites for hydroxylation is 1. The minimum absolute atomic E-state index is 0.0908. The van der Waals surface area contributed by atoms with Gasteiger partial charge in [0.15, 0.2) is 5.41 Å². The highest BCUT2D eigenvalue weighted by atomic mass is 32.1. The van der Waals surface area contributed by atoms with E-state index in [0.29, 0.717) is 5.01 Å². The summed E-state index contributed by atoms with van der Waals surface area (Å²) in [5, 5.41) is 12.7. The molecule has 1 unspecified atom stereocenters. The SMILES string of the molecule is Cc1nnc(NC(=O)C2(C(F)(F)F)CCNC2)s1. The Morgan fingerprint density at radius 3 is 2.67 bits per heavy atom. The molecule has 1 aliphatic heterocycles. The molecular weight excluding hydrogens is 269 g/mol. The summed E-state index contributed by atoms with van der Waals surface area (Å²) in [4.78, 5) is 11.9. The van der Waals surface area contributed by atoms with E-state index < -0.39 is 24.0 Å². The van der Waals surface area contributed by atoms with Crippen LogP contribution in [0, 0.1) is 12.3 Å². The molecule has 2 heterocycles. The number of alkyl halides is 3. The minimum atomic E-state index is -4.58. The molecule has 1 aromatic heterocycles. The van der Waals surface area contributed by atoms with Gasteiger partial charge in [0.05, 0.1) is 0 Å². The van der Waals surface area contributed by atoms with Crippen molar-refractivity contribution < 1.29 is 18.0 Å². The van der Waals surface area contributed by atoms with E-state index in [-0.39, 0.29) is 18.1 Å². The molecule has 2 rings (SSSR count). The quantitative estimate of drug-likeness (QED) is 0.857. The van der Waals surface area contributed by atoms with Crippen LogP contribution in [0.15, 0.2) is 0 Å². The number of amides is 1. The van der Waals surface area contributed by atoms with E-state index in [1.165, 1.54) is 0 Å². The first-order chi connectivity index (χ1) is 8.35. The van der Waals surface area contributed by atoms with Crippen molar-refractivity contribution in [2.45, 2.75) is 19.5 Å². The second kappa shape index (κ2) is 4.47. The van der Waals surface area contributed by atoms with Crippen LogP contribution in [0.5, 0.6) is 0 Å². The number of nitrogens with one attached hydrogen (secondary N) is 2. The predicted octanol–water partition coefficient (Wildman–Crippen LogP) is 1.33. The molecule has 0 radical (unpaired) electrons. The number of nitrogens with zero attached hydrogens (tertiary/aromatic N) is 2. The zero-order chi connectivity index (χ0) is 13.4. The number of carbonyl (C=O) groups is 1. The summed E-state index contributed by atoms with van der Waals surface area (Å²) in [6, 6.07) is 0. The Morgan fingerprint density at radius 2 is 2.22 bits per heavy atom. The van der Waals surface area contributed by atoms with Gasteiger partial charge in [0, 0.05) is 6.54 Å². The zero-order valence-electron chi connectivity index (χ0n) is 9.47. The Balaban J connectivity index is 2.20. The highest BCUT2D eigenvalue weighted by Gasteiger charge is 2.61. The third-order valence-electron chi connectivity index (χ3n) is 2.88. The summed E-state index contributed by atoms with van der Waals surface area (Å²) >= 11 is 1.04. The second-order valence-corrected chi connectivity index (χ2v) is 5.27. The Hall–Kier alpha value is -1.22. The predicted molar refractivity (Wildman–Crippen MR) is 59.3 cm³/mol. The lowest BCUT2D eigenvalue weighted by molar-refractivity contribution is -0.213. The van der Waals surface area contributed by atoms with E-state index in [1.807, 2.05) is 0 Å². The molecule has 1 saturated heterocycles. The lowest BCUT2D eigenvalue weighted by atomic mass is 9.85. The Morgan fingerprint density at radius 1 is 1.50 bits per heavy atom. The number of anilines is 1. The smallest absolute Gasteiger partial charge is 0.315 e. The maximum Gasteiger partial charge on any atom is 0.404 e. The van der Waals surface area contributed by atoms with Gasteiger partial charge in [-0.3, -0.25) is 10.1 Å². The van der Waals surface area contributed by atoms with E-state index in [4.69, 9.17) is 0 Å². The summed E-state index contributed by atoms with van der Waals surface area (Å²) in [5.74, 6) is -1.07. The standard InChI is InChI=1S/C9H11F3N4OS/c1-5-15-16-7(18-5)14-6(17)8(9(10,11)12)2-3-13-4-8/h13H,2-4H2,1H3,(H,14,16,17). The molecule has 1 amide bonds. The lowest BCUT2D eigenvalue weighted by Gasteiger charge is -2.28. The molecule has 0 aliphatic carbocycles. The van der Waals surface area contributed by atoms with Gasteiger partial charge in [-0.15, -0.1) is 10.2 Å². The van der Waals surface area contributed by atoms with Crippen LogP contribution in [0.4, 0.5) is 18.3 Å². The maximum atomic E-state index is 13.0. The van der Waals surface area contributed by atoms with Crippen LogP contribution in [0.3, 0.4) is 0 Å². The molecule has 5 nitrogen and oxygen atoms in total. The lowest BCUT2D eigenvalue weighted by Crippen LogP contribution is -2.49. The van der Waals surface area contributed by atoms with Crippen LogP contribution < -0.4 is 10.6 Å². The molecular formula is C9H11F3N4OS. The molecule has 0 spiro atoms. The fourth-order valence-electron chi connectivity index (χ4n) is 1.82. The van der Waals surface area contributed by atoms with Gasteiger partial charge in [-0.1, -0.05) is 11.3 Å². The summed E-state index contributed by atoms with van der Waals surface area (Å²) in [5.41, 5.74) is -2.37. The van der Waals surface area contributed by atoms with Gasteiger partial charge in [-0.25, -0.2) is 0 Å². The fourth-order valence-corrected chi connectivity index (χ4v) is 2.41. The highest BCUT2D eigenvalue weighted by Crippen LogP contribution is 2.43. The Bertz CT molecular complexity index is 453. The van der Waals surface area contributed by atoms with Crippen molar-refractivity contribution >= 4 is 22.4 Å². The average Bonchev–Trinajstić information content (AvgIpc) is 2.86. The molecule has 1 fully saturated rings. The molecule has 18 heavy (non-hydrogen) atoms. The van der Waals surface area contributed by atoms with E-state index in [0.717, 1.165) is 11.3 Å². The normalized spacial score (nSPS) is 24.2. The van der Waals surface area contributed by atoms with Crippen molar-refractivity contribution in [3.8, 4) is 0 Å². The van der Waals surface area contributed by atoms with E-state index in [1.54, 1.807) is 6.92 Å². The first kappa shape index (κ1) is 13.2. The van der Waals surface area contributed by atoms with Gasteiger partial charge in [0.2, 0.25) is 11.0 Å². The summed E-state index contributed by atoms with van der Waals surface area (Å²) in [6.45, 7) is 1.42. The van der Waals surface area contributed by atoms with Crippen LogP contribution in [0.25, 0.3) is 0 Å². The average molecular weight is 280 g/mol. The van der Waals surface area contributed by atoms with Crippen molar-refractivity contribution in [3.63, 3.8) is 0 Å². The second-order valence-electron chi connectivity index (χ2n) is 4.09. The number of halogens is 3. The third kappa shape index (κ3) is 2.19. The van der Waals surface area contributed by atoms with Gasteiger partial charge >= 0.3 is 6.18 Å². The van der Waals surface area contributed by atoms with Gasteiger partial charge in [0.1, 0.15) is 5.01 Å². The van der Waals surface area contributed by atoms with Crippen molar-refractivity contribution in [3.05, 3.63) is 5.01 Å². The number of carbonyl (C=O) groups excluding carboxylic acids is 1. The largest absolute Gasteiger partial charge is 0.404 e. The molecule has 2 N–H and O–H groups in total. The van der Waals surface area contributed by atoms with Gasteiger partial charge in [-0.05, 0) is 19.9 Å². The molecule has 100 valence electrons. The number of hydrogen-bond donors (Lipinski definition) is 2. The summed E-state index contributed by atoms with van der Waals surface area (Å²) < 4.78 is 39.1.